The number of nitro benzene ring substituents is 1. The van der Waals surface area contributed by atoms with Crippen molar-refractivity contribution in [3.8, 4) is 17.2 Å². The minimum Gasteiger partial charge on any atom is -0.490 e. The second kappa shape index (κ2) is 6.41. The molecule has 2 aromatic carbocycles. The lowest BCUT2D eigenvalue weighted by Crippen LogP contribution is -1.95. The third kappa shape index (κ3) is 3.61. The van der Waals surface area contributed by atoms with Gasteiger partial charge in [-0.25, -0.2) is 4.39 Å². The number of alkyl halides is 1. The van der Waals surface area contributed by atoms with Crippen LogP contribution in [0.15, 0.2) is 36.4 Å². The Hall–Kier alpha value is -2.34. The molecule has 0 bridgehead atoms. The van der Waals surface area contributed by atoms with Gasteiger partial charge < -0.3 is 9.47 Å². The van der Waals surface area contributed by atoms with Crippen LogP contribution in [-0.4, -0.2) is 12.0 Å². The van der Waals surface area contributed by atoms with Gasteiger partial charge in [-0.05, 0) is 29.8 Å². The fraction of sp³-hybridized carbons (Fsp3) is 0.143. The highest BCUT2D eigenvalue weighted by Gasteiger charge is 2.16. The van der Waals surface area contributed by atoms with Crippen LogP contribution in [0.4, 0.5) is 10.1 Å². The van der Waals surface area contributed by atoms with Crippen molar-refractivity contribution >= 4 is 17.3 Å². The maximum atomic E-state index is 13.4. The molecule has 0 aliphatic carbocycles. The van der Waals surface area contributed by atoms with Gasteiger partial charge in [0.2, 0.25) is 0 Å². The fourth-order valence-electron chi connectivity index (χ4n) is 1.77. The third-order valence-electron chi connectivity index (χ3n) is 2.67. The van der Waals surface area contributed by atoms with Crippen LogP contribution in [-0.2, 0) is 5.88 Å². The molecule has 0 radical (unpaired) electrons. The minimum atomic E-state index is -0.582. The molecule has 0 aliphatic heterocycles. The monoisotopic (exact) mass is 311 g/mol. The van der Waals surface area contributed by atoms with Gasteiger partial charge in [0.1, 0.15) is 17.3 Å². The lowest BCUT2D eigenvalue weighted by Gasteiger charge is -2.08. The molecule has 0 saturated heterocycles. The molecule has 0 amide bonds. The van der Waals surface area contributed by atoms with Gasteiger partial charge in [0.25, 0.3) is 0 Å². The molecule has 110 valence electrons. The molecule has 0 heterocycles. The van der Waals surface area contributed by atoms with Crippen LogP contribution < -0.4 is 9.47 Å². The number of nitro groups is 1. The summed E-state index contributed by atoms with van der Waals surface area (Å²) in [5.74, 6) is 0.176. The number of hydrogen-bond acceptors (Lipinski definition) is 4. The zero-order valence-corrected chi connectivity index (χ0v) is 11.8. The highest BCUT2D eigenvalue weighted by Crippen LogP contribution is 2.33. The highest BCUT2D eigenvalue weighted by atomic mass is 35.5. The summed E-state index contributed by atoms with van der Waals surface area (Å²) in [4.78, 5) is 10.4. The average Bonchev–Trinajstić information content (AvgIpc) is 2.46. The van der Waals surface area contributed by atoms with E-state index in [1.165, 1.54) is 37.4 Å². The van der Waals surface area contributed by atoms with E-state index in [9.17, 15) is 14.5 Å². The van der Waals surface area contributed by atoms with Crippen LogP contribution in [0.25, 0.3) is 0 Å². The van der Waals surface area contributed by atoms with E-state index in [1.54, 1.807) is 6.07 Å². The minimum absolute atomic E-state index is 0.119. The van der Waals surface area contributed by atoms with E-state index in [0.29, 0.717) is 5.56 Å². The van der Waals surface area contributed by atoms with E-state index >= 15 is 0 Å². The van der Waals surface area contributed by atoms with Crippen molar-refractivity contribution < 1.29 is 18.8 Å². The first-order chi connectivity index (χ1) is 10.0. The maximum absolute atomic E-state index is 13.4. The summed E-state index contributed by atoms with van der Waals surface area (Å²) in [5.41, 5.74) is 0.318. The number of methoxy groups -OCH3 is 1. The van der Waals surface area contributed by atoms with Gasteiger partial charge in [0.05, 0.1) is 18.1 Å². The molecule has 7 heteroatoms. The van der Waals surface area contributed by atoms with Gasteiger partial charge in [-0.15, -0.1) is 11.6 Å². The summed E-state index contributed by atoms with van der Waals surface area (Å²) in [6.07, 6.45) is 0. The first kappa shape index (κ1) is 15.1. The lowest BCUT2D eigenvalue weighted by atomic mass is 10.2. The van der Waals surface area contributed by atoms with Crippen LogP contribution in [0.5, 0.6) is 17.2 Å². The average molecular weight is 312 g/mol. The molecule has 0 atom stereocenters. The molecule has 0 aliphatic rings. The van der Waals surface area contributed by atoms with Crippen LogP contribution in [0.2, 0.25) is 0 Å². The summed E-state index contributed by atoms with van der Waals surface area (Å²) < 4.78 is 23.7. The summed E-state index contributed by atoms with van der Waals surface area (Å²) in [5, 5.41) is 10.9. The third-order valence-corrected chi connectivity index (χ3v) is 2.98. The molecular weight excluding hydrogens is 301 g/mol. The van der Waals surface area contributed by atoms with Gasteiger partial charge in [-0.1, -0.05) is 0 Å². The van der Waals surface area contributed by atoms with Crippen molar-refractivity contribution in [2.24, 2.45) is 0 Å². The van der Waals surface area contributed by atoms with Crippen LogP contribution >= 0.6 is 11.6 Å². The summed E-state index contributed by atoms with van der Waals surface area (Å²) in [6, 6.07) is 8.14. The number of nitrogens with zero attached hydrogens (tertiary/aromatic N) is 1. The number of rotatable bonds is 5. The molecule has 0 N–H and O–H groups in total. The zero-order chi connectivity index (χ0) is 15.4. The molecule has 0 spiro atoms. The summed E-state index contributed by atoms with van der Waals surface area (Å²) in [7, 11) is 1.34. The molecule has 0 unspecified atom stereocenters. The van der Waals surface area contributed by atoms with Gasteiger partial charge in [-0.2, -0.15) is 0 Å². The van der Waals surface area contributed by atoms with Crippen molar-refractivity contribution in [3.05, 3.63) is 57.9 Å². The predicted octanol–water partition coefficient (Wildman–Crippen LogP) is 4.27. The van der Waals surface area contributed by atoms with Crippen molar-refractivity contribution in [2.45, 2.75) is 5.88 Å². The Morgan fingerprint density at radius 2 is 2.00 bits per heavy atom. The highest BCUT2D eigenvalue weighted by molar-refractivity contribution is 6.17. The fourth-order valence-corrected chi connectivity index (χ4v) is 1.92. The Balaban J connectivity index is 2.33. The topological polar surface area (TPSA) is 61.6 Å². The summed E-state index contributed by atoms with van der Waals surface area (Å²) in [6.45, 7) is 0. The number of ether oxygens (including phenoxy) is 2. The quantitative estimate of drug-likeness (QED) is 0.470. The second-order valence-corrected chi connectivity index (χ2v) is 4.39. The Kier molecular flexibility index (Phi) is 4.59. The van der Waals surface area contributed by atoms with Crippen molar-refractivity contribution in [1.82, 2.24) is 0 Å². The molecular formula is C14H11ClFNO4. The van der Waals surface area contributed by atoms with Gasteiger partial charge >= 0.3 is 5.69 Å². The van der Waals surface area contributed by atoms with Crippen molar-refractivity contribution in [2.75, 3.05) is 7.11 Å². The first-order valence-corrected chi connectivity index (χ1v) is 6.42. The van der Waals surface area contributed by atoms with E-state index < -0.39 is 10.7 Å². The van der Waals surface area contributed by atoms with E-state index in [0.717, 1.165) is 0 Å². The Morgan fingerprint density at radius 1 is 1.24 bits per heavy atom. The zero-order valence-electron chi connectivity index (χ0n) is 11.0. The number of hydrogen-bond donors (Lipinski definition) is 0. The van der Waals surface area contributed by atoms with Gasteiger partial charge in [-0.3, -0.25) is 10.1 Å². The normalized spacial score (nSPS) is 10.2. The van der Waals surface area contributed by atoms with E-state index in [-0.39, 0.29) is 28.8 Å². The Bertz CT molecular complexity index is 678. The standard InChI is InChI=1S/C14H11ClFNO4/c1-20-14-3-2-11(7-13(14)17(18)19)21-12-5-9(8-15)4-10(16)6-12/h2-7H,8H2,1H3. The molecule has 0 saturated carbocycles. The van der Waals surface area contributed by atoms with Gasteiger partial charge in [0.15, 0.2) is 5.75 Å². The van der Waals surface area contributed by atoms with Crippen LogP contribution in [0.1, 0.15) is 5.56 Å². The number of halogens is 2. The van der Waals surface area contributed by atoms with Crippen molar-refractivity contribution in [1.29, 1.82) is 0 Å². The summed E-state index contributed by atoms with van der Waals surface area (Å²) >= 11 is 5.65. The molecule has 2 rings (SSSR count). The molecule has 0 fully saturated rings. The molecule has 21 heavy (non-hydrogen) atoms. The molecule has 5 nitrogen and oxygen atoms in total. The van der Waals surface area contributed by atoms with E-state index in [1.807, 2.05) is 0 Å². The number of benzene rings is 2. The predicted molar refractivity (Wildman–Crippen MR) is 75.7 cm³/mol. The van der Waals surface area contributed by atoms with Crippen LogP contribution in [0, 0.1) is 15.9 Å². The molecule has 0 aromatic heterocycles. The first-order valence-electron chi connectivity index (χ1n) is 5.89. The van der Waals surface area contributed by atoms with E-state index in [4.69, 9.17) is 21.1 Å². The Labute approximate surface area is 125 Å². The smallest absolute Gasteiger partial charge is 0.314 e. The van der Waals surface area contributed by atoms with Crippen LogP contribution in [0.3, 0.4) is 0 Å². The lowest BCUT2D eigenvalue weighted by molar-refractivity contribution is -0.385. The van der Waals surface area contributed by atoms with Crippen molar-refractivity contribution in [3.63, 3.8) is 0 Å². The SMILES string of the molecule is COc1ccc(Oc2cc(F)cc(CCl)c2)cc1[N+](=O)[O-]. The molecule has 2 aromatic rings. The second-order valence-electron chi connectivity index (χ2n) is 4.12. The largest absolute Gasteiger partial charge is 0.490 e. The Morgan fingerprint density at radius 3 is 2.62 bits per heavy atom. The van der Waals surface area contributed by atoms with E-state index in [2.05, 4.69) is 0 Å². The van der Waals surface area contributed by atoms with Gasteiger partial charge in [0, 0.05) is 11.9 Å². The maximum Gasteiger partial charge on any atom is 0.314 e.